The van der Waals surface area contributed by atoms with E-state index in [1.54, 1.807) is 24.4 Å². The van der Waals surface area contributed by atoms with E-state index < -0.39 is 10.0 Å². The van der Waals surface area contributed by atoms with Crippen molar-refractivity contribution in [1.82, 2.24) is 14.4 Å². The summed E-state index contributed by atoms with van der Waals surface area (Å²) in [5.41, 5.74) is 0.995. The van der Waals surface area contributed by atoms with Crippen LogP contribution in [0.5, 0.6) is 5.75 Å². The topological polar surface area (TPSA) is 85.5 Å². The maximum atomic E-state index is 12.8. The number of aromatic nitrogens is 2. The highest BCUT2D eigenvalue weighted by atomic mass is 35.5. The Morgan fingerprint density at radius 2 is 2.15 bits per heavy atom. The Morgan fingerprint density at radius 3 is 3.00 bits per heavy atom. The van der Waals surface area contributed by atoms with Crippen molar-refractivity contribution >= 4 is 32.6 Å². The number of fused-ring (bicyclic) bond motifs is 1. The molecule has 0 radical (unpaired) electrons. The van der Waals surface area contributed by atoms with E-state index in [9.17, 15) is 8.42 Å². The van der Waals surface area contributed by atoms with Gasteiger partial charge in [0.1, 0.15) is 28.3 Å². The monoisotopic (exact) mass is 393 g/mol. The van der Waals surface area contributed by atoms with Crippen molar-refractivity contribution in [2.24, 2.45) is 0 Å². The fraction of sp³-hybridized carbons (Fsp3) is 0.294. The minimum atomic E-state index is -3.52. The lowest BCUT2D eigenvalue weighted by Gasteiger charge is -2.17. The molecular weight excluding hydrogens is 378 g/mol. The summed E-state index contributed by atoms with van der Waals surface area (Å²) in [6.07, 6.45) is 3.42. The molecule has 0 amide bonds. The second-order valence-electron chi connectivity index (χ2n) is 6.07. The smallest absolute Gasteiger partial charge is 0.220 e. The van der Waals surface area contributed by atoms with Crippen molar-refractivity contribution in [3.63, 3.8) is 0 Å². The predicted octanol–water partition coefficient (Wildman–Crippen LogP) is 2.86. The van der Waals surface area contributed by atoms with Crippen molar-refractivity contribution in [1.29, 1.82) is 0 Å². The van der Waals surface area contributed by atoms with E-state index in [2.05, 4.69) is 10.1 Å². The second kappa shape index (κ2) is 6.86. The number of rotatable bonds is 5. The van der Waals surface area contributed by atoms with Crippen molar-refractivity contribution in [2.45, 2.75) is 18.3 Å². The minimum absolute atomic E-state index is 0.202. The SMILES string of the molecule is O=S(=O)(Cc1noc2ccccc12)N1CCC(Oc2ccncc2Cl)C1. The number of halogens is 1. The summed E-state index contributed by atoms with van der Waals surface area (Å²) < 4.78 is 38.0. The lowest BCUT2D eigenvalue weighted by atomic mass is 10.2. The third kappa shape index (κ3) is 3.40. The zero-order chi connectivity index (χ0) is 18.1. The number of hydrogen-bond donors (Lipinski definition) is 0. The van der Waals surface area contributed by atoms with Crippen molar-refractivity contribution in [3.05, 3.63) is 53.4 Å². The maximum absolute atomic E-state index is 12.8. The number of sulfonamides is 1. The van der Waals surface area contributed by atoms with Gasteiger partial charge in [0.15, 0.2) is 5.58 Å². The molecule has 3 aromatic rings. The van der Waals surface area contributed by atoms with Gasteiger partial charge in [0.2, 0.25) is 10.0 Å². The molecule has 1 fully saturated rings. The molecular formula is C17H16ClN3O4S. The largest absolute Gasteiger partial charge is 0.487 e. The van der Waals surface area contributed by atoms with E-state index in [0.29, 0.717) is 40.4 Å². The van der Waals surface area contributed by atoms with Crippen LogP contribution in [0, 0.1) is 0 Å². The molecule has 2 aromatic heterocycles. The Morgan fingerprint density at radius 1 is 1.31 bits per heavy atom. The van der Waals surface area contributed by atoms with E-state index >= 15 is 0 Å². The number of nitrogens with zero attached hydrogens (tertiary/aromatic N) is 3. The molecule has 0 N–H and O–H groups in total. The van der Waals surface area contributed by atoms with Crippen LogP contribution in [0.2, 0.25) is 5.02 Å². The molecule has 136 valence electrons. The zero-order valence-electron chi connectivity index (χ0n) is 13.7. The molecule has 3 heterocycles. The van der Waals surface area contributed by atoms with E-state index in [1.807, 2.05) is 12.1 Å². The quantitative estimate of drug-likeness (QED) is 0.662. The van der Waals surface area contributed by atoms with Gasteiger partial charge in [0.05, 0.1) is 6.54 Å². The van der Waals surface area contributed by atoms with Gasteiger partial charge < -0.3 is 9.26 Å². The third-order valence-corrected chi connectivity index (χ3v) is 6.34. The molecule has 1 saturated heterocycles. The van der Waals surface area contributed by atoms with Gasteiger partial charge in [-0.1, -0.05) is 28.9 Å². The van der Waals surface area contributed by atoms with Crippen LogP contribution >= 0.6 is 11.6 Å². The highest BCUT2D eigenvalue weighted by Gasteiger charge is 2.33. The van der Waals surface area contributed by atoms with Crippen LogP contribution in [0.25, 0.3) is 11.0 Å². The fourth-order valence-electron chi connectivity index (χ4n) is 2.99. The summed E-state index contributed by atoms with van der Waals surface area (Å²) in [4.78, 5) is 3.91. The molecule has 4 rings (SSSR count). The molecule has 0 bridgehead atoms. The number of ether oxygens (including phenoxy) is 1. The van der Waals surface area contributed by atoms with Crippen LogP contribution in [0.15, 0.2) is 47.2 Å². The lowest BCUT2D eigenvalue weighted by Crippen LogP contribution is -2.32. The van der Waals surface area contributed by atoms with Gasteiger partial charge in [-0.3, -0.25) is 4.98 Å². The lowest BCUT2D eigenvalue weighted by molar-refractivity contribution is 0.215. The molecule has 1 aliphatic heterocycles. The van der Waals surface area contributed by atoms with Crippen LogP contribution in [0.1, 0.15) is 12.1 Å². The van der Waals surface area contributed by atoms with Gasteiger partial charge in [0.25, 0.3) is 0 Å². The summed E-state index contributed by atoms with van der Waals surface area (Å²) in [5.74, 6) is 0.306. The average Bonchev–Trinajstić information content (AvgIpc) is 3.25. The number of hydrogen-bond acceptors (Lipinski definition) is 6. The number of benzene rings is 1. The molecule has 1 aromatic carbocycles. The van der Waals surface area contributed by atoms with Crippen LogP contribution in [-0.4, -0.2) is 42.1 Å². The molecule has 9 heteroatoms. The fourth-order valence-corrected chi connectivity index (χ4v) is 4.67. The highest BCUT2D eigenvalue weighted by molar-refractivity contribution is 7.88. The first kappa shape index (κ1) is 17.3. The van der Waals surface area contributed by atoms with Crippen molar-refractivity contribution < 1.29 is 17.7 Å². The average molecular weight is 394 g/mol. The summed E-state index contributed by atoms with van der Waals surface area (Å²) in [6, 6.07) is 8.88. The van der Waals surface area contributed by atoms with Crippen molar-refractivity contribution in [3.8, 4) is 5.75 Å². The Balaban J connectivity index is 1.46. The standard InChI is InChI=1S/C17H16ClN3O4S/c18-14-9-19-7-5-17(14)24-12-6-8-21(10-12)26(22,23)11-15-13-3-1-2-4-16(13)25-20-15/h1-5,7,9,12H,6,8,10-11H2. The van der Waals surface area contributed by atoms with Gasteiger partial charge in [-0.05, 0) is 18.6 Å². The number of pyridine rings is 1. The van der Waals surface area contributed by atoms with Gasteiger partial charge in [-0.2, -0.15) is 4.31 Å². The van der Waals surface area contributed by atoms with Crippen molar-refractivity contribution in [2.75, 3.05) is 13.1 Å². The molecule has 0 aliphatic carbocycles. The molecule has 1 atom stereocenters. The molecule has 26 heavy (non-hydrogen) atoms. The van der Waals surface area contributed by atoms with E-state index in [-0.39, 0.29) is 18.4 Å². The van der Waals surface area contributed by atoms with E-state index in [0.717, 1.165) is 0 Å². The Hall–Kier alpha value is -2.16. The summed E-state index contributed by atoms with van der Waals surface area (Å²) in [5, 5.41) is 5.03. The first-order chi connectivity index (χ1) is 12.5. The van der Waals surface area contributed by atoms with Gasteiger partial charge >= 0.3 is 0 Å². The van der Waals surface area contributed by atoms with Crippen LogP contribution < -0.4 is 4.74 Å². The van der Waals surface area contributed by atoms with Crippen LogP contribution in [0.3, 0.4) is 0 Å². The summed E-state index contributed by atoms with van der Waals surface area (Å²) in [6.45, 7) is 0.669. The second-order valence-corrected chi connectivity index (χ2v) is 8.45. The van der Waals surface area contributed by atoms with Gasteiger partial charge in [-0.15, -0.1) is 0 Å². The third-order valence-electron chi connectivity index (χ3n) is 4.30. The highest BCUT2D eigenvalue weighted by Crippen LogP contribution is 2.27. The van der Waals surface area contributed by atoms with Gasteiger partial charge in [-0.25, -0.2) is 8.42 Å². The van der Waals surface area contributed by atoms with E-state index in [1.165, 1.54) is 10.5 Å². The number of para-hydroxylation sites is 1. The first-order valence-electron chi connectivity index (χ1n) is 8.10. The normalized spacial score (nSPS) is 18.4. The summed E-state index contributed by atoms with van der Waals surface area (Å²) >= 11 is 6.04. The van der Waals surface area contributed by atoms with Gasteiger partial charge in [0, 0.05) is 30.4 Å². The van der Waals surface area contributed by atoms with Crippen LogP contribution in [-0.2, 0) is 15.8 Å². The Labute approximate surface area is 155 Å². The molecule has 0 spiro atoms. The minimum Gasteiger partial charge on any atom is -0.487 e. The van der Waals surface area contributed by atoms with Crippen LogP contribution in [0.4, 0.5) is 0 Å². The molecule has 0 saturated carbocycles. The molecule has 1 unspecified atom stereocenters. The first-order valence-corrected chi connectivity index (χ1v) is 10.1. The zero-order valence-corrected chi connectivity index (χ0v) is 15.3. The predicted molar refractivity (Wildman–Crippen MR) is 96.5 cm³/mol. The Bertz CT molecular complexity index is 1040. The maximum Gasteiger partial charge on any atom is 0.220 e. The molecule has 7 nitrogen and oxygen atoms in total. The molecule has 1 aliphatic rings. The Kier molecular flexibility index (Phi) is 4.56. The van der Waals surface area contributed by atoms with E-state index in [4.69, 9.17) is 20.9 Å². The summed E-state index contributed by atoms with van der Waals surface area (Å²) in [7, 11) is -3.52.